The maximum absolute atomic E-state index is 12.4. The molecule has 0 atom stereocenters. The Balaban J connectivity index is 3.08. The number of nitrogens with zero attached hydrogens (tertiary/aromatic N) is 1. The zero-order chi connectivity index (χ0) is 13.2. The first-order valence-corrected chi connectivity index (χ1v) is 8.60. The van der Waals surface area contributed by atoms with Crippen molar-refractivity contribution >= 4 is 37.3 Å². The van der Waals surface area contributed by atoms with Crippen LogP contribution in [-0.4, -0.2) is 25.8 Å². The van der Waals surface area contributed by atoms with Gasteiger partial charge in [-0.15, -0.1) is 11.3 Å². The van der Waals surface area contributed by atoms with E-state index in [4.69, 9.17) is 0 Å². The van der Waals surface area contributed by atoms with E-state index in [1.165, 1.54) is 15.6 Å². The Labute approximate surface area is 116 Å². The summed E-state index contributed by atoms with van der Waals surface area (Å²) in [6.07, 6.45) is 0. The maximum Gasteiger partial charge on any atom is 0.252 e. The zero-order valence-corrected chi connectivity index (χ0v) is 13.7. The van der Waals surface area contributed by atoms with Gasteiger partial charge in [0.25, 0.3) is 10.0 Å². The van der Waals surface area contributed by atoms with Gasteiger partial charge in [0.1, 0.15) is 4.21 Å². The van der Waals surface area contributed by atoms with Crippen LogP contribution in [0.15, 0.2) is 14.1 Å². The average Bonchev–Trinajstić information content (AvgIpc) is 2.56. The van der Waals surface area contributed by atoms with Gasteiger partial charge in [0.15, 0.2) is 0 Å². The van der Waals surface area contributed by atoms with Crippen molar-refractivity contribution in [3.05, 3.63) is 15.4 Å². The summed E-state index contributed by atoms with van der Waals surface area (Å²) in [5, 5.41) is 0. The molecule has 0 unspecified atom stereocenters. The fourth-order valence-corrected chi connectivity index (χ4v) is 5.48. The molecular formula is C11H18BrNO2S2. The standard InChI is InChI=1S/C11H18BrNO2S2/c1-5-13(7-8(2)3)17(14,15)10-6-9(4)11(12)16-10/h6,8H,5,7H2,1-4H3. The third kappa shape index (κ3) is 3.53. The van der Waals surface area contributed by atoms with E-state index in [0.29, 0.717) is 23.2 Å². The van der Waals surface area contributed by atoms with Gasteiger partial charge < -0.3 is 0 Å². The van der Waals surface area contributed by atoms with E-state index in [1.807, 2.05) is 27.7 Å². The van der Waals surface area contributed by atoms with Crippen molar-refractivity contribution in [2.24, 2.45) is 5.92 Å². The second-order valence-electron chi connectivity index (χ2n) is 4.37. The molecule has 0 aliphatic heterocycles. The highest BCUT2D eigenvalue weighted by Crippen LogP contribution is 2.32. The second kappa shape index (κ2) is 5.82. The second-order valence-corrected chi connectivity index (χ2v) is 8.91. The van der Waals surface area contributed by atoms with Crippen molar-refractivity contribution in [3.63, 3.8) is 0 Å². The van der Waals surface area contributed by atoms with Crippen LogP contribution in [0.25, 0.3) is 0 Å². The van der Waals surface area contributed by atoms with Gasteiger partial charge in [0.05, 0.1) is 3.79 Å². The van der Waals surface area contributed by atoms with Gasteiger partial charge in [-0.2, -0.15) is 4.31 Å². The smallest absolute Gasteiger partial charge is 0.206 e. The van der Waals surface area contributed by atoms with Crippen molar-refractivity contribution < 1.29 is 8.42 Å². The van der Waals surface area contributed by atoms with Crippen LogP contribution in [0.5, 0.6) is 0 Å². The Morgan fingerprint density at radius 3 is 2.41 bits per heavy atom. The number of sulfonamides is 1. The van der Waals surface area contributed by atoms with Crippen LogP contribution in [0.3, 0.4) is 0 Å². The normalized spacial score (nSPS) is 12.6. The molecule has 0 aliphatic rings. The van der Waals surface area contributed by atoms with Gasteiger partial charge in [-0.3, -0.25) is 0 Å². The van der Waals surface area contributed by atoms with Crippen LogP contribution in [0.1, 0.15) is 26.3 Å². The molecular weight excluding hydrogens is 322 g/mol. The summed E-state index contributed by atoms with van der Waals surface area (Å²) < 4.78 is 27.6. The Bertz CT molecular complexity index is 460. The minimum Gasteiger partial charge on any atom is -0.206 e. The number of halogens is 1. The summed E-state index contributed by atoms with van der Waals surface area (Å²) in [5.41, 5.74) is 0.967. The summed E-state index contributed by atoms with van der Waals surface area (Å²) >= 11 is 4.65. The fraction of sp³-hybridized carbons (Fsp3) is 0.636. The minimum atomic E-state index is -3.33. The predicted molar refractivity (Wildman–Crippen MR) is 76.0 cm³/mol. The average molecular weight is 340 g/mol. The lowest BCUT2D eigenvalue weighted by atomic mass is 10.2. The number of rotatable bonds is 5. The first kappa shape index (κ1) is 15.1. The number of thiophene rings is 1. The summed E-state index contributed by atoms with van der Waals surface area (Å²) in [6.45, 7) is 8.89. The molecule has 0 radical (unpaired) electrons. The molecule has 0 bridgehead atoms. The number of aryl methyl sites for hydroxylation is 1. The van der Waals surface area contributed by atoms with Gasteiger partial charge in [-0.1, -0.05) is 20.8 Å². The molecule has 0 fully saturated rings. The van der Waals surface area contributed by atoms with Gasteiger partial charge in [-0.05, 0) is 40.4 Å². The monoisotopic (exact) mass is 339 g/mol. The van der Waals surface area contributed by atoms with E-state index in [9.17, 15) is 8.42 Å². The largest absolute Gasteiger partial charge is 0.252 e. The van der Waals surface area contributed by atoms with Gasteiger partial charge >= 0.3 is 0 Å². The van der Waals surface area contributed by atoms with E-state index < -0.39 is 10.0 Å². The highest BCUT2D eigenvalue weighted by molar-refractivity contribution is 9.11. The Hall–Kier alpha value is 0.0900. The predicted octanol–water partition coefficient (Wildman–Crippen LogP) is 3.49. The Morgan fingerprint density at radius 2 is 2.06 bits per heavy atom. The van der Waals surface area contributed by atoms with Gasteiger partial charge in [0, 0.05) is 13.1 Å². The van der Waals surface area contributed by atoms with Crippen molar-refractivity contribution in [2.75, 3.05) is 13.1 Å². The van der Waals surface area contributed by atoms with E-state index in [1.54, 1.807) is 6.07 Å². The highest BCUT2D eigenvalue weighted by Gasteiger charge is 2.26. The first-order chi connectivity index (χ1) is 7.78. The summed E-state index contributed by atoms with van der Waals surface area (Å²) in [7, 11) is -3.33. The van der Waals surface area contributed by atoms with Crippen molar-refractivity contribution in [3.8, 4) is 0 Å². The van der Waals surface area contributed by atoms with Gasteiger partial charge in [-0.25, -0.2) is 8.42 Å². The van der Waals surface area contributed by atoms with E-state index >= 15 is 0 Å². The molecule has 1 aromatic rings. The van der Waals surface area contributed by atoms with E-state index in [0.717, 1.165) is 9.35 Å². The highest BCUT2D eigenvalue weighted by atomic mass is 79.9. The van der Waals surface area contributed by atoms with Crippen LogP contribution >= 0.6 is 27.3 Å². The molecule has 0 N–H and O–H groups in total. The fourth-order valence-electron chi connectivity index (χ4n) is 1.49. The molecule has 0 saturated heterocycles. The summed E-state index contributed by atoms with van der Waals surface area (Å²) in [5.74, 6) is 0.328. The SMILES string of the molecule is CCN(CC(C)C)S(=O)(=O)c1cc(C)c(Br)s1. The molecule has 6 heteroatoms. The third-order valence-corrected chi connectivity index (χ3v) is 6.88. The van der Waals surface area contributed by atoms with Crippen molar-refractivity contribution in [1.82, 2.24) is 4.31 Å². The van der Waals surface area contributed by atoms with Crippen LogP contribution in [0.4, 0.5) is 0 Å². The summed E-state index contributed by atoms with van der Waals surface area (Å²) in [6, 6.07) is 1.73. The molecule has 17 heavy (non-hydrogen) atoms. The molecule has 3 nitrogen and oxygen atoms in total. The van der Waals surface area contributed by atoms with Gasteiger partial charge in [0.2, 0.25) is 0 Å². The number of hydrogen-bond acceptors (Lipinski definition) is 3. The molecule has 1 heterocycles. The molecule has 98 valence electrons. The third-order valence-electron chi connectivity index (χ3n) is 2.35. The van der Waals surface area contributed by atoms with Crippen LogP contribution in [0.2, 0.25) is 0 Å². The van der Waals surface area contributed by atoms with Crippen molar-refractivity contribution in [2.45, 2.75) is 31.9 Å². The Morgan fingerprint density at radius 1 is 1.47 bits per heavy atom. The van der Waals surface area contributed by atoms with Crippen molar-refractivity contribution in [1.29, 1.82) is 0 Å². The molecule has 0 aliphatic carbocycles. The zero-order valence-electron chi connectivity index (χ0n) is 10.5. The topological polar surface area (TPSA) is 37.4 Å². The minimum absolute atomic E-state index is 0.328. The molecule has 1 aromatic heterocycles. The first-order valence-electron chi connectivity index (χ1n) is 5.55. The lowest BCUT2D eigenvalue weighted by Crippen LogP contribution is -2.33. The van der Waals surface area contributed by atoms with Crippen LogP contribution in [-0.2, 0) is 10.0 Å². The molecule has 0 spiro atoms. The molecule has 0 aromatic carbocycles. The molecule has 0 saturated carbocycles. The van der Waals surface area contributed by atoms with Crippen LogP contribution < -0.4 is 0 Å². The summed E-state index contributed by atoms with van der Waals surface area (Å²) in [4.78, 5) is 0. The number of hydrogen-bond donors (Lipinski definition) is 0. The lowest BCUT2D eigenvalue weighted by Gasteiger charge is -2.21. The molecule has 0 amide bonds. The quantitative estimate of drug-likeness (QED) is 0.823. The van der Waals surface area contributed by atoms with Crippen LogP contribution in [0, 0.1) is 12.8 Å². The lowest BCUT2D eigenvalue weighted by molar-refractivity contribution is 0.382. The molecule has 1 rings (SSSR count). The van der Waals surface area contributed by atoms with E-state index in [2.05, 4.69) is 15.9 Å². The van der Waals surface area contributed by atoms with E-state index in [-0.39, 0.29) is 0 Å². The Kier molecular flexibility index (Phi) is 5.19. The maximum atomic E-state index is 12.4.